The first-order valence-electron chi connectivity index (χ1n) is 4.84. The molecule has 0 heterocycles. The Morgan fingerprint density at radius 2 is 2.00 bits per heavy atom. The highest BCUT2D eigenvalue weighted by atomic mass is 19.1. The lowest BCUT2D eigenvalue weighted by Gasteiger charge is -2.24. The zero-order chi connectivity index (χ0) is 12.3. The van der Waals surface area contributed by atoms with E-state index < -0.39 is 17.1 Å². The second kappa shape index (κ2) is 4.31. The molecule has 0 saturated heterocycles. The molecule has 0 saturated carbocycles. The van der Waals surface area contributed by atoms with Crippen molar-refractivity contribution in [3.8, 4) is 6.07 Å². The van der Waals surface area contributed by atoms with E-state index in [-0.39, 0.29) is 5.69 Å². The van der Waals surface area contributed by atoms with Gasteiger partial charge >= 0.3 is 0 Å². The molecule has 0 aromatic heterocycles. The minimum absolute atomic E-state index is 0.177. The van der Waals surface area contributed by atoms with Gasteiger partial charge in [0.1, 0.15) is 11.2 Å². The Bertz CT molecular complexity index is 449. The topological polar surface area (TPSA) is 44.1 Å². The van der Waals surface area contributed by atoms with Gasteiger partial charge in [0.15, 0.2) is 0 Å². The number of nitriles is 1. The molecule has 1 amide bonds. The van der Waals surface area contributed by atoms with E-state index in [4.69, 9.17) is 5.26 Å². The third-order valence-corrected chi connectivity index (χ3v) is 2.33. The zero-order valence-corrected chi connectivity index (χ0v) is 9.49. The van der Waals surface area contributed by atoms with Gasteiger partial charge in [-0.3, -0.25) is 4.79 Å². The first-order valence-corrected chi connectivity index (χ1v) is 4.84. The molecule has 0 unspecified atom stereocenters. The average Bonchev–Trinajstić information content (AvgIpc) is 2.27. The fourth-order valence-electron chi connectivity index (χ4n) is 1.30. The molecule has 0 radical (unpaired) electrons. The normalized spacial score (nSPS) is 10.7. The number of amides is 1. The number of benzene rings is 1. The van der Waals surface area contributed by atoms with Crippen molar-refractivity contribution in [1.82, 2.24) is 0 Å². The van der Waals surface area contributed by atoms with E-state index in [1.807, 2.05) is 6.07 Å². The Balaban J connectivity index is 3.06. The molecule has 0 aliphatic carbocycles. The van der Waals surface area contributed by atoms with Crippen LogP contribution in [-0.4, -0.2) is 13.0 Å². The van der Waals surface area contributed by atoms with Gasteiger partial charge < -0.3 is 4.90 Å². The van der Waals surface area contributed by atoms with E-state index in [2.05, 4.69) is 0 Å². The van der Waals surface area contributed by atoms with Gasteiger partial charge in [0.2, 0.25) is 5.91 Å². The molecule has 1 aromatic rings. The summed E-state index contributed by atoms with van der Waals surface area (Å²) in [6.45, 7) is 3.01. The summed E-state index contributed by atoms with van der Waals surface area (Å²) in [7, 11) is 1.46. The predicted molar refractivity (Wildman–Crippen MR) is 59.2 cm³/mol. The highest BCUT2D eigenvalue weighted by Crippen LogP contribution is 2.23. The van der Waals surface area contributed by atoms with Crippen molar-refractivity contribution in [1.29, 1.82) is 5.26 Å². The largest absolute Gasteiger partial charge is 0.311 e. The molecule has 0 aliphatic heterocycles. The number of halogens is 1. The van der Waals surface area contributed by atoms with Crippen molar-refractivity contribution in [2.24, 2.45) is 5.41 Å². The molecule has 0 spiro atoms. The van der Waals surface area contributed by atoms with Crippen LogP contribution >= 0.6 is 0 Å². The number of hydrogen-bond acceptors (Lipinski definition) is 2. The Kier molecular flexibility index (Phi) is 3.28. The second-order valence-electron chi connectivity index (χ2n) is 4.05. The molecule has 0 bridgehead atoms. The lowest BCUT2D eigenvalue weighted by atomic mass is 9.94. The molecule has 0 atom stereocenters. The van der Waals surface area contributed by atoms with Crippen LogP contribution in [0, 0.1) is 22.6 Å². The fourth-order valence-corrected chi connectivity index (χ4v) is 1.30. The Labute approximate surface area is 94.1 Å². The summed E-state index contributed by atoms with van der Waals surface area (Å²) in [6.07, 6.45) is 0. The first-order chi connectivity index (χ1) is 7.40. The molecule has 0 aliphatic rings. The van der Waals surface area contributed by atoms with Gasteiger partial charge in [-0.15, -0.1) is 0 Å². The molecule has 4 heteroatoms. The fraction of sp³-hybridized carbons (Fsp3) is 0.333. The minimum Gasteiger partial charge on any atom is -0.311 e. The van der Waals surface area contributed by atoms with Crippen molar-refractivity contribution < 1.29 is 9.18 Å². The maximum atomic E-state index is 13.4. The van der Waals surface area contributed by atoms with Crippen molar-refractivity contribution in [3.63, 3.8) is 0 Å². The summed E-state index contributed by atoms with van der Waals surface area (Å²) >= 11 is 0. The number of anilines is 1. The van der Waals surface area contributed by atoms with Gasteiger partial charge in [-0.05, 0) is 26.0 Å². The summed E-state index contributed by atoms with van der Waals surface area (Å²) in [4.78, 5) is 13.1. The standard InChI is InChI=1S/C12H13FN2O/c1-12(2,8-14)11(16)15(3)10-7-5-4-6-9(10)13/h4-7H,1-3H3. The minimum atomic E-state index is -1.16. The summed E-state index contributed by atoms with van der Waals surface area (Å²) < 4.78 is 13.4. The molecular weight excluding hydrogens is 207 g/mol. The van der Waals surface area contributed by atoms with Crippen LogP contribution in [0.3, 0.4) is 0 Å². The molecule has 0 N–H and O–H groups in total. The van der Waals surface area contributed by atoms with Gasteiger partial charge in [0, 0.05) is 7.05 Å². The number of hydrogen-bond donors (Lipinski definition) is 0. The summed E-state index contributed by atoms with van der Waals surface area (Å²) in [6, 6.07) is 7.86. The van der Waals surface area contributed by atoms with Crippen molar-refractivity contribution in [2.45, 2.75) is 13.8 Å². The molecule has 1 aromatic carbocycles. The van der Waals surface area contributed by atoms with E-state index >= 15 is 0 Å². The first kappa shape index (κ1) is 12.2. The van der Waals surface area contributed by atoms with E-state index in [1.54, 1.807) is 12.1 Å². The Morgan fingerprint density at radius 1 is 1.44 bits per heavy atom. The van der Waals surface area contributed by atoms with Gasteiger partial charge in [0.05, 0.1) is 11.8 Å². The van der Waals surface area contributed by atoms with E-state index in [9.17, 15) is 9.18 Å². The Morgan fingerprint density at radius 3 is 2.50 bits per heavy atom. The van der Waals surface area contributed by atoms with Gasteiger partial charge in [-0.25, -0.2) is 4.39 Å². The number of rotatable bonds is 2. The predicted octanol–water partition coefficient (Wildman–Crippen LogP) is 2.34. The van der Waals surface area contributed by atoms with Crippen molar-refractivity contribution in [2.75, 3.05) is 11.9 Å². The molecule has 3 nitrogen and oxygen atoms in total. The van der Waals surface area contributed by atoms with E-state index in [0.29, 0.717) is 0 Å². The SMILES string of the molecule is CN(C(=O)C(C)(C)C#N)c1ccccc1F. The third kappa shape index (κ3) is 2.19. The van der Waals surface area contributed by atoms with Crippen LogP contribution in [0.15, 0.2) is 24.3 Å². The summed E-state index contributed by atoms with van der Waals surface area (Å²) in [5.74, 6) is -0.910. The van der Waals surface area contributed by atoms with Gasteiger partial charge in [-0.2, -0.15) is 5.26 Å². The molecule has 0 fully saturated rings. The van der Waals surface area contributed by atoms with Crippen molar-refractivity contribution >= 4 is 11.6 Å². The highest BCUT2D eigenvalue weighted by Gasteiger charge is 2.31. The lowest BCUT2D eigenvalue weighted by molar-refractivity contribution is -0.123. The molecule has 16 heavy (non-hydrogen) atoms. The van der Waals surface area contributed by atoms with E-state index in [0.717, 1.165) is 0 Å². The van der Waals surface area contributed by atoms with Crippen molar-refractivity contribution in [3.05, 3.63) is 30.1 Å². The zero-order valence-electron chi connectivity index (χ0n) is 9.49. The quantitative estimate of drug-likeness (QED) is 0.767. The smallest absolute Gasteiger partial charge is 0.246 e. The van der Waals surface area contributed by atoms with Crippen LogP contribution in [-0.2, 0) is 4.79 Å². The lowest BCUT2D eigenvalue weighted by Crippen LogP contribution is -2.38. The third-order valence-electron chi connectivity index (χ3n) is 2.33. The van der Waals surface area contributed by atoms with Crippen LogP contribution in [0.5, 0.6) is 0 Å². The molecule has 84 valence electrons. The summed E-state index contributed by atoms with van der Waals surface area (Å²) in [5, 5.41) is 8.84. The number of para-hydroxylation sites is 1. The van der Waals surface area contributed by atoms with Crippen LogP contribution in [0.4, 0.5) is 10.1 Å². The second-order valence-corrected chi connectivity index (χ2v) is 4.05. The number of carbonyl (C=O) groups excluding carboxylic acids is 1. The number of nitrogens with zero attached hydrogens (tertiary/aromatic N) is 2. The maximum Gasteiger partial charge on any atom is 0.246 e. The van der Waals surface area contributed by atoms with Gasteiger partial charge in [-0.1, -0.05) is 12.1 Å². The van der Waals surface area contributed by atoms with E-state index in [1.165, 1.54) is 37.9 Å². The van der Waals surface area contributed by atoms with Crippen LogP contribution in [0.25, 0.3) is 0 Å². The molecular formula is C12H13FN2O. The van der Waals surface area contributed by atoms with Crippen LogP contribution in [0.1, 0.15) is 13.8 Å². The highest BCUT2D eigenvalue weighted by molar-refractivity contribution is 5.98. The molecule has 1 rings (SSSR count). The Hall–Kier alpha value is -1.89. The monoisotopic (exact) mass is 220 g/mol. The number of carbonyl (C=O) groups is 1. The average molecular weight is 220 g/mol. The van der Waals surface area contributed by atoms with Crippen LogP contribution in [0.2, 0.25) is 0 Å². The van der Waals surface area contributed by atoms with Gasteiger partial charge in [0.25, 0.3) is 0 Å². The maximum absolute atomic E-state index is 13.4. The summed E-state index contributed by atoms with van der Waals surface area (Å²) in [5.41, 5.74) is -0.979. The van der Waals surface area contributed by atoms with Crippen LogP contribution < -0.4 is 4.90 Å².